The lowest BCUT2D eigenvalue weighted by Crippen LogP contribution is -2.45. The van der Waals surface area contributed by atoms with Gasteiger partial charge in [-0.3, -0.25) is 9.59 Å². The summed E-state index contributed by atoms with van der Waals surface area (Å²) in [7, 11) is 1.55. The van der Waals surface area contributed by atoms with Crippen LogP contribution in [0.1, 0.15) is 42.5 Å². The van der Waals surface area contributed by atoms with Gasteiger partial charge in [0.25, 0.3) is 5.91 Å². The molecule has 1 aromatic heterocycles. The molecule has 0 saturated heterocycles. The van der Waals surface area contributed by atoms with E-state index in [1.807, 2.05) is 12.1 Å². The number of rotatable bonds is 6. The van der Waals surface area contributed by atoms with Crippen molar-refractivity contribution in [3.63, 3.8) is 0 Å². The van der Waals surface area contributed by atoms with E-state index in [1.54, 1.807) is 35.7 Å². The van der Waals surface area contributed by atoms with Gasteiger partial charge in [-0.25, -0.2) is 4.98 Å². The molecule has 1 N–H and O–H groups in total. The monoisotopic (exact) mass is 373 g/mol. The highest BCUT2D eigenvalue weighted by Crippen LogP contribution is 2.27. The van der Waals surface area contributed by atoms with Gasteiger partial charge in [0.1, 0.15) is 12.3 Å². The van der Waals surface area contributed by atoms with Crippen LogP contribution in [0.15, 0.2) is 35.8 Å². The SMILES string of the molecule is COc1ccccc1C(=O)N(CC(=O)Nc1nccs1)C1CCCCC1. The van der Waals surface area contributed by atoms with Crippen molar-refractivity contribution in [2.75, 3.05) is 19.0 Å². The number of hydrogen-bond donors (Lipinski definition) is 1. The molecule has 2 amide bonds. The molecule has 3 rings (SSSR count). The second kappa shape index (κ2) is 8.80. The number of aromatic nitrogens is 1. The second-order valence-electron chi connectivity index (χ2n) is 6.31. The lowest BCUT2D eigenvalue weighted by Gasteiger charge is -2.34. The fraction of sp³-hybridized carbons (Fsp3) is 0.421. The van der Waals surface area contributed by atoms with Crippen molar-refractivity contribution in [2.45, 2.75) is 38.1 Å². The van der Waals surface area contributed by atoms with Gasteiger partial charge in [0.15, 0.2) is 5.13 Å². The Hall–Kier alpha value is -2.41. The van der Waals surface area contributed by atoms with E-state index in [-0.39, 0.29) is 24.4 Å². The summed E-state index contributed by atoms with van der Waals surface area (Å²) in [6.07, 6.45) is 6.82. The zero-order chi connectivity index (χ0) is 18.4. The van der Waals surface area contributed by atoms with Crippen molar-refractivity contribution in [2.24, 2.45) is 0 Å². The number of methoxy groups -OCH3 is 1. The summed E-state index contributed by atoms with van der Waals surface area (Å²) in [6.45, 7) is 0.0150. The summed E-state index contributed by atoms with van der Waals surface area (Å²) < 4.78 is 5.34. The average Bonchev–Trinajstić information content (AvgIpc) is 3.19. The van der Waals surface area contributed by atoms with Crippen LogP contribution in [0.2, 0.25) is 0 Å². The highest BCUT2D eigenvalue weighted by molar-refractivity contribution is 7.13. The summed E-state index contributed by atoms with van der Waals surface area (Å²) in [4.78, 5) is 31.5. The highest BCUT2D eigenvalue weighted by atomic mass is 32.1. The fourth-order valence-corrected chi connectivity index (χ4v) is 3.88. The number of benzene rings is 1. The fourth-order valence-electron chi connectivity index (χ4n) is 3.33. The first-order valence-corrected chi connectivity index (χ1v) is 9.70. The zero-order valence-corrected chi connectivity index (χ0v) is 15.6. The van der Waals surface area contributed by atoms with E-state index in [9.17, 15) is 9.59 Å². The van der Waals surface area contributed by atoms with Crippen LogP contribution in [-0.2, 0) is 4.79 Å². The molecule has 26 heavy (non-hydrogen) atoms. The third-order valence-electron chi connectivity index (χ3n) is 4.61. The molecular formula is C19H23N3O3S. The Balaban J connectivity index is 1.80. The van der Waals surface area contributed by atoms with E-state index < -0.39 is 0 Å². The maximum absolute atomic E-state index is 13.2. The Morgan fingerprint density at radius 2 is 2.04 bits per heavy atom. The molecule has 7 heteroatoms. The van der Waals surface area contributed by atoms with E-state index >= 15 is 0 Å². The van der Waals surface area contributed by atoms with E-state index in [4.69, 9.17) is 4.74 Å². The summed E-state index contributed by atoms with van der Waals surface area (Å²) in [5, 5.41) is 5.11. The van der Waals surface area contributed by atoms with Gasteiger partial charge in [0.2, 0.25) is 5.91 Å². The second-order valence-corrected chi connectivity index (χ2v) is 7.21. The molecule has 138 valence electrons. The Morgan fingerprint density at radius 1 is 1.27 bits per heavy atom. The Morgan fingerprint density at radius 3 is 2.73 bits per heavy atom. The van der Waals surface area contributed by atoms with Crippen LogP contribution in [0.5, 0.6) is 5.75 Å². The summed E-state index contributed by atoms with van der Waals surface area (Å²) in [5.74, 6) is 0.135. The van der Waals surface area contributed by atoms with E-state index in [1.165, 1.54) is 17.8 Å². The predicted octanol–water partition coefficient (Wildman–Crippen LogP) is 3.57. The van der Waals surface area contributed by atoms with Crippen molar-refractivity contribution in [1.82, 2.24) is 9.88 Å². The van der Waals surface area contributed by atoms with Gasteiger partial charge in [-0.05, 0) is 25.0 Å². The molecule has 0 aliphatic heterocycles. The highest BCUT2D eigenvalue weighted by Gasteiger charge is 2.29. The molecule has 0 atom stereocenters. The number of nitrogens with zero attached hydrogens (tertiary/aromatic N) is 2. The van der Waals surface area contributed by atoms with Gasteiger partial charge in [0, 0.05) is 17.6 Å². The average molecular weight is 373 g/mol. The third kappa shape index (κ3) is 4.40. The molecule has 1 aromatic carbocycles. The van der Waals surface area contributed by atoms with Crippen molar-refractivity contribution < 1.29 is 14.3 Å². The zero-order valence-electron chi connectivity index (χ0n) is 14.8. The van der Waals surface area contributed by atoms with Crippen LogP contribution in [-0.4, -0.2) is 41.4 Å². The van der Waals surface area contributed by atoms with Crippen LogP contribution < -0.4 is 10.1 Å². The number of carbonyl (C=O) groups is 2. The first kappa shape index (κ1) is 18.4. The first-order chi connectivity index (χ1) is 12.7. The number of carbonyl (C=O) groups excluding carboxylic acids is 2. The number of nitrogens with one attached hydrogen (secondary N) is 1. The largest absolute Gasteiger partial charge is 0.496 e. The molecule has 1 heterocycles. The number of hydrogen-bond acceptors (Lipinski definition) is 5. The molecule has 0 radical (unpaired) electrons. The third-order valence-corrected chi connectivity index (χ3v) is 5.29. The normalized spacial score (nSPS) is 14.7. The van der Waals surface area contributed by atoms with Gasteiger partial charge < -0.3 is 15.0 Å². The predicted molar refractivity (Wildman–Crippen MR) is 102 cm³/mol. The minimum Gasteiger partial charge on any atom is -0.496 e. The van der Waals surface area contributed by atoms with Crippen molar-refractivity contribution in [1.29, 1.82) is 0 Å². The van der Waals surface area contributed by atoms with Gasteiger partial charge in [-0.2, -0.15) is 0 Å². The summed E-state index contributed by atoms with van der Waals surface area (Å²) in [6, 6.07) is 7.22. The molecule has 2 aromatic rings. The van der Waals surface area contributed by atoms with Crippen LogP contribution >= 0.6 is 11.3 Å². The number of para-hydroxylation sites is 1. The molecule has 1 saturated carbocycles. The molecule has 1 aliphatic rings. The van der Waals surface area contributed by atoms with Gasteiger partial charge in [0.05, 0.1) is 12.7 Å². The first-order valence-electron chi connectivity index (χ1n) is 8.82. The number of ether oxygens (including phenoxy) is 1. The molecule has 0 bridgehead atoms. The molecule has 0 unspecified atom stereocenters. The standard InChI is InChI=1S/C19H23N3O3S/c1-25-16-10-6-5-9-15(16)18(24)22(14-7-3-2-4-8-14)13-17(23)21-19-20-11-12-26-19/h5-6,9-12,14H,2-4,7-8,13H2,1H3,(H,20,21,23). The Labute approximate surface area is 157 Å². The van der Waals surface area contributed by atoms with Crippen molar-refractivity contribution >= 4 is 28.3 Å². The number of anilines is 1. The van der Waals surface area contributed by atoms with Gasteiger partial charge in [-0.15, -0.1) is 11.3 Å². The van der Waals surface area contributed by atoms with E-state index in [2.05, 4.69) is 10.3 Å². The number of amides is 2. The lowest BCUT2D eigenvalue weighted by atomic mass is 9.93. The van der Waals surface area contributed by atoms with Crippen LogP contribution in [0.3, 0.4) is 0 Å². The Kier molecular flexibility index (Phi) is 6.22. The molecule has 0 spiro atoms. The van der Waals surface area contributed by atoms with Crippen molar-refractivity contribution in [3.8, 4) is 5.75 Å². The summed E-state index contributed by atoms with van der Waals surface area (Å²) >= 11 is 1.36. The van der Waals surface area contributed by atoms with Gasteiger partial charge in [-0.1, -0.05) is 31.4 Å². The van der Waals surface area contributed by atoms with Crippen molar-refractivity contribution in [3.05, 3.63) is 41.4 Å². The maximum Gasteiger partial charge on any atom is 0.258 e. The minimum atomic E-state index is -0.228. The Bertz CT molecular complexity index is 742. The summed E-state index contributed by atoms with van der Waals surface area (Å²) in [5.41, 5.74) is 0.489. The number of thiazole rings is 1. The topological polar surface area (TPSA) is 71.5 Å². The smallest absolute Gasteiger partial charge is 0.258 e. The van der Waals surface area contributed by atoms with Crippen LogP contribution in [0.4, 0.5) is 5.13 Å². The van der Waals surface area contributed by atoms with Crippen LogP contribution in [0, 0.1) is 0 Å². The molecular weight excluding hydrogens is 350 g/mol. The van der Waals surface area contributed by atoms with Gasteiger partial charge >= 0.3 is 0 Å². The lowest BCUT2D eigenvalue weighted by molar-refractivity contribution is -0.117. The molecule has 1 aliphatic carbocycles. The minimum absolute atomic E-state index is 0.0150. The van der Waals surface area contributed by atoms with Crippen LogP contribution in [0.25, 0.3) is 0 Å². The van der Waals surface area contributed by atoms with E-state index in [0.29, 0.717) is 16.4 Å². The molecule has 6 nitrogen and oxygen atoms in total. The molecule has 1 fully saturated rings. The van der Waals surface area contributed by atoms with E-state index in [0.717, 1.165) is 25.7 Å². The quantitative estimate of drug-likeness (QED) is 0.840. The maximum atomic E-state index is 13.2.